The molecule has 0 aromatic rings. The highest BCUT2D eigenvalue weighted by molar-refractivity contribution is 5.67. The lowest BCUT2D eigenvalue weighted by molar-refractivity contribution is -0.0197. The number of amides is 2. The van der Waals surface area contributed by atoms with E-state index < -0.39 is 0 Å². The summed E-state index contributed by atoms with van der Waals surface area (Å²) in [6.45, 7) is 6.37. The number of hydrogen-bond acceptors (Lipinski definition) is 5. The number of carbonyl (C=O) groups is 2. The zero-order valence-electron chi connectivity index (χ0n) is 34.1. The molecule has 2 atom stereocenters. The average Bonchev–Trinajstić information content (AvgIpc) is 3.60. The lowest BCUT2D eigenvalue weighted by atomic mass is 10.0. The summed E-state index contributed by atoms with van der Waals surface area (Å²) in [5, 5.41) is 5.74. The van der Waals surface area contributed by atoms with Crippen molar-refractivity contribution in [1.82, 2.24) is 10.6 Å². The lowest BCUT2D eigenvalue weighted by Crippen LogP contribution is -2.30. The Kier molecular flexibility index (Phi) is 35.6. The summed E-state index contributed by atoms with van der Waals surface area (Å²) in [5.74, 6) is 0. The number of nitrogens with one attached hydrogen (secondary N) is 2. The summed E-state index contributed by atoms with van der Waals surface area (Å²) in [7, 11) is 0. The van der Waals surface area contributed by atoms with Gasteiger partial charge in [-0.1, -0.05) is 206 Å². The maximum absolute atomic E-state index is 12.1. The minimum Gasteiger partial charge on any atom is -0.447 e. The smallest absolute Gasteiger partial charge is 0.407 e. The summed E-state index contributed by atoms with van der Waals surface area (Å²) < 4.78 is 16.7. The van der Waals surface area contributed by atoms with Crippen LogP contribution in [-0.4, -0.2) is 50.7 Å². The molecule has 0 aromatic heterocycles. The second-order valence-electron chi connectivity index (χ2n) is 15.6. The van der Waals surface area contributed by atoms with E-state index in [2.05, 4.69) is 24.5 Å². The van der Waals surface area contributed by atoms with Crippen LogP contribution >= 0.6 is 0 Å². The fraction of sp³-hybridized carbons (Fsp3) is 0.955. The minimum atomic E-state index is -0.368. The highest BCUT2D eigenvalue weighted by Gasteiger charge is 2.27. The number of rotatable bonds is 38. The van der Waals surface area contributed by atoms with Crippen LogP contribution < -0.4 is 10.6 Å². The Labute approximate surface area is 316 Å². The maximum atomic E-state index is 12.1. The van der Waals surface area contributed by atoms with Crippen LogP contribution in [0, 0.1) is 0 Å². The van der Waals surface area contributed by atoms with Gasteiger partial charge in [-0.05, 0) is 25.7 Å². The number of ether oxygens (including phenoxy) is 3. The van der Waals surface area contributed by atoms with Gasteiger partial charge in [0, 0.05) is 13.1 Å². The summed E-state index contributed by atoms with van der Waals surface area (Å²) >= 11 is 0. The van der Waals surface area contributed by atoms with Crippen LogP contribution in [0.4, 0.5) is 9.59 Å². The number of unbranched alkanes of at least 4 members (excludes halogenated alkanes) is 30. The molecule has 0 bridgehead atoms. The van der Waals surface area contributed by atoms with Crippen LogP contribution in [0.5, 0.6) is 0 Å². The first kappa shape index (κ1) is 47.5. The van der Waals surface area contributed by atoms with Crippen LogP contribution in [0.25, 0.3) is 0 Å². The molecular weight excluding hydrogens is 636 g/mol. The van der Waals surface area contributed by atoms with Crippen molar-refractivity contribution in [2.24, 2.45) is 0 Å². The minimum absolute atomic E-state index is 0.131. The molecule has 1 rings (SSSR count). The molecule has 0 aliphatic carbocycles. The van der Waals surface area contributed by atoms with E-state index in [1.807, 2.05) is 0 Å². The topological polar surface area (TPSA) is 85.9 Å². The van der Waals surface area contributed by atoms with Gasteiger partial charge in [0.05, 0.1) is 12.2 Å². The van der Waals surface area contributed by atoms with Gasteiger partial charge in [-0.3, -0.25) is 0 Å². The summed E-state index contributed by atoms with van der Waals surface area (Å²) in [6, 6.07) is 0. The average molecular weight is 723 g/mol. The van der Waals surface area contributed by atoms with Gasteiger partial charge in [0.1, 0.15) is 13.2 Å². The van der Waals surface area contributed by atoms with Crippen LogP contribution in [0.1, 0.15) is 232 Å². The predicted molar refractivity (Wildman–Crippen MR) is 216 cm³/mol. The van der Waals surface area contributed by atoms with E-state index in [9.17, 15) is 9.59 Å². The second-order valence-corrected chi connectivity index (χ2v) is 15.6. The predicted octanol–water partition coefficient (Wildman–Crippen LogP) is 13.5. The number of alkyl carbamates (subject to hydrolysis) is 2. The SMILES string of the molecule is CCCCCCCCCCCCCCCCCCNC(=O)OC[C@H]1CC[C@@H](COC(=O)NCCCCCCCCCCCCCCCCCC)O1. The van der Waals surface area contributed by atoms with E-state index in [1.165, 1.54) is 180 Å². The van der Waals surface area contributed by atoms with Crippen molar-refractivity contribution < 1.29 is 23.8 Å². The Bertz CT molecular complexity index is 691. The molecule has 0 unspecified atom stereocenters. The molecule has 1 aliphatic rings. The monoisotopic (exact) mass is 723 g/mol. The van der Waals surface area contributed by atoms with Crippen molar-refractivity contribution >= 4 is 12.2 Å². The standard InChI is InChI=1S/C44H86N2O5/c1-3-5-7-9-11-13-15-17-19-21-23-25-27-29-31-33-37-45-43(47)49-39-41-35-36-42(51-41)40-50-44(48)46-38-34-32-30-28-26-24-22-20-18-16-14-12-10-8-6-4-2/h41-42H,3-40H2,1-2H3,(H,45,47)(H,46,48)/t41-,42+. The largest absolute Gasteiger partial charge is 0.447 e. The van der Waals surface area contributed by atoms with Gasteiger partial charge in [0.15, 0.2) is 0 Å². The Morgan fingerprint density at radius 1 is 0.412 bits per heavy atom. The molecule has 1 heterocycles. The molecule has 7 nitrogen and oxygen atoms in total. The van der Waals surface area contributed by atoms with Crippen molar-refractivity contribution in [2.45, 2.75) is 244 Å². The van der Waals surface area contributed by atoms with Crippen molar-refractivity contribution in [3.05, 3.63) is 0 Å². The first-order valence-electron chi connectivity index (χ1n) is 22.6. The molecule has 2 N–H and O–H groups in total. The molecule has 1 saturated heterocycles. The lowest BCUT2D eigenvalue weighted by Gasteiger charge is -2.15. The Morgan fingerprint density at radius 3 is 0.902 bits per heavy atom. The third-order valence-electron chi connectivity index (χ3n) is 10.6. The first-order valence-corrected chi connectivity index (χ1v) is 22.6. The van der Waals surface area contributed by atoms with Gasteiger partial charge in [0.2, 0.25) is 0 Å². The van der Waals surface area contributed by atoms with Gasteiger partial charge in [0.25, 0.3) is 0 Å². The molecule has 1 aliphatic heterocycles. The first-order chi connectivity index (χ1) is 25.2. The molecule has 51 heavy (non-hydrogen) atoms. The van der Waals surface area contributed by atoms with Crippen molar-refractivity contribution in [3.8, 4) is 0 Å². The molecule has 0 radical (unpaired) electrons. The molecule has 1 fully saturated rings. The van der Waals surface area contributed by atoms with Crippen LogP contribution in [0.2, 0.25) is 0 Å². The van der Waals surface area contributed by atoms with E-state index in [4.69, 9.17) is 14.2 Å². The third kappa shape index (κ3) is 34.0. The molecule has 7 heteroatoms. The Morgan fingerprint density at radius 2 is 0.647 bits per heavy atom. The second kappa shape index (κ2) is 38.2. The zero-order valence-corrected chi connectivity index (χ0v) is 34.1. The van der Waals surface area contributed by atoms with Gasteiger partial charge in [-0.15, -0.1) is 0 Å². The number of carbonyl (C=O) groups excluding carboxylic acids is 2. The molecule has 0 saturated carbocycles. The van der Waals surface area contributed by atoms with Crippen molar-refractivity contribution in [3.63, 3.8) is 0 Å². The normalized spacial score (nSPS) is 15.6. The van der Waals surface area contributed by atoms with E-state index in [0.717, 1.165) is 38.5 Å². The Hall–Kier alpha value is -1.50. The van der Waals surface area contributed by atoms with Gasteiger partial charge < -0.3 is 24.8 Å². The molecule has 0 spiro atoms. The fourth-order valence-corrected chi connectivity index (χ4v) is 7.19. The summed E-state index contributed by atoms with van der Waals surface area (Å²) in [5.41, 5.74) is 0. The summed E-state index contributed by atoms with van der Waals surface area (Å²) in [4.78, 5) is 24.2. The van der Waals surface area contributed by atoms with Crippen molar-refractivity contribution in [1.29, 1.82) is 0 Å². The van der Waals surface area contributed by atoms with E-state index >= 15 is 0 Å². The Balaban J connectivity index is 1.81. The third-order valence-corrected chi connectivity index (χ3v) is 10.6. The quantitative estimate of drug-likeness (QED) is 0.0620. The van der Waals surface area contributed by atoms with Gasteiger partial charge in [-0.2, -0.15) is 0 Å². The molecule has 0 aromatic carbocycles. The van der Waals surface area contributed by atoms with Gasteiger partial charge >= 0.3 is 12.2 Å². The van der Waals surface area contributed by atoms with Crippen LogP contribution in [-0.2, 0) is 14.2 Å². The zero-order chi connectivity index (χ0) is 36.7. The van der Waals surface area contributed by atoms with E-state index in [0.29, 0.717) is 13.1 Å². The van der Waals surface area contributed by atoms with Gasteiger partial charge in [-0.25, -0.2) is 9.59 Å². The van der Waals surface area contributed by atoms with E-state index in [-0.39, 0.29) is 37.6 Å². The highest BCUT2D eigenvalue weighted by Crippen LogP contribution is 2.20. The fourth-order valence-electron chi connectivity index (χ4n) is 7.19. The molecular formula is C44H86N2O5. The molecule has 302 valence electrons. The number of hydrogen-bond donors (Lipinski definition) is 2. The van der Waals surface area contributed by atoms with Crippen LogP contribution in [0.15, 0.2) is 0 Å². The van der Waals surface area contributed by atoms with E-state index in [1.54, 1.807) is 0 Å². The van der Waals surface area contributed by atoms with Crippen molar-refractivity contribution in [2.75, 3.05) is 26.3 Å². The highest BCUT2D eigenvalue weighted by atomic mass is 16.6. The maximum Gasteiger partial charge on any atom is 0.407 e. The van der Waals surface area contributed by atoms with Crippen LogP contribution in [0.3, 0.4) is 0 Å². The molecule has 2 amide bonds. The summed E-state index contributed by atoms with van der Waals surface area (Å²) in [6.07, 6.45) is 43.5.